The SMILES string of the molecule is CCN(Cc1cccs1)Cc1cccc([N+](=O)[O-])c1Br. The minimum Gasteiger partial charge on any atom is -0.294 e. The number of rotatable bonds is 6. The molecule has 2 rings (SSSR count). The van der Waals surface area contributed by atoms with Crippen LogP contribution in [0.3, 0.4) is 0 Å². The predicted molar refractivity (Wildman–Crippen MR) is 84.9 cm³/mol. The lowest BCUT2D eigenvalue weighted by Crippen LogP contribution is -2.22. The zero-order valence-electron chi connectivity index (χ0n) is 11.1. The van der Waals surface area contributed by atoms with Gasteiger partial charge < -0.3 is 0 Å². The highest BCUT2D eigenvalue weighted by Gasteiger charge is 2.16. The molecular weight excluding hydrogens is 340 g/mol. The Morgan fingerprint density at radius 2 is 2.10 bits per heavy atom. The molecule has 6 heteroatoms. The normalized spacial score (nSPS) is 10.9. The molecule has 1 aromatic carbocycles. The van der Waals surface area contributed by atoms with E-state index in [4.69, 9.17) is 0 Å². The first-order valence-corrected chi connectivity index (χ1v) is 7.95. The number of halogens is 1. The molecule has 2 aromatic rings. The summed E-state index contributed by atoms with van der Waals surface area (Å²) in [6.45, 7) is 4.55. The van der Waals surface area contributed by atoms with E-state index in [0.717, 1.165) is 18.7 Å². The van der Waals surface area contributed by atoms with Crippen molar-refractivity contribution in [3.05, 3.63) is 60.7 Å². The summed E-state index contributed by atoms with van der Waals surface area (Å²) < 4.78 is 0.578. The second kappa shape index (κ2) is 6.97. The Kier molecular flexibility index (Phi) is 5.28. The molecule has 20 heavy (non-hydrogen) atoms. The largest absolute Gasteiger partial charge is 0.294 e. The molecule has 1 heterocycles. The van der Waals surface area contributed by atoms with Gasteiger partial charge in [0, 0.05) is 24.0 Å². The standard InChI is InChI=1S/C14H15BrN2O2S/c1-2-16(10-12-6-4-8-20-12)9-11-5-3-7-13(14(11)15)17(18)19/h3-8H,2,9-10H2,1H3. The van der Waals surface area contributed by atoms with E-state index in [2.05, 4.69) is 39.2 Å². The van der Waals surface area contributed by atoms with Crippen molar-refractivity contribution in [2.45, 2.75) is 20.0 Å². The van der Waals surface area contributed by atoms with Crippen LogP contribution in [0.15, 0.2) is 40.2 Å². The van der Waals surface area contributed by atoms with Crippen LogP contribution in [0.25, 0.3) is 0 Å². The van der Waals surface area contributed by atoms with Gasteiger partial charge in [-0.15, -0.1) is 11.3 Å². The molecule has 0 atom stereocenters. The summed E-state index contributed by atoms with van der Waals surface area (Å²) in [6, 6.07) is 9.32. The highest BCUT2D eigenvalue weighted by atomic mass is 79.9. The number of thiophene rings is 1. The molecule has 0 saturated carbocycles. The third-order valence-corrected chi connectivity index (χ3v) is 4.83. The minimum absolute atomic E-state index is 0.120. The summed E-state index contributed by atoms with van der Waals surface area (Å²) >= 11 is 5.08. The number of benzene rings is 1. The second-order valence-electron chi connectivity index (χ2n) is 4.39. The van der Waals surface area contributed by atoms with Crippen molar-refractivity contribution in [3.63, 3.8) is 0 Å². The molecule has 0 unspecified atom stereocenters. The van der Waals surface area contributed by atoms with Crippen molar-refractivity contribution < 1.29 is 4.92 Å². The van der Waals surface area contributed by atoms with E-state index in [0.29, 0.717) is 11.0 Å². The van der Waals surface area contributed by atoms with Crippen LogP contribution in [0.1, 0.15) is 17.4 Å². The second-order valence-corrected chi connectivity index (χ2v) is 6.22. The van der Waals surface area contributed by atoms with Crippen molar-refractivity contribution in [1.82, 2.24) is 4.90 Å². The van der Waals surface area contributed by atoms with Crippen molar-refractivity contribution in [2.24, 2.45) is 0 Å². The molecule has 0 aliphatic heterocycles. The van der Waals surface area contributed by atoms with Crippen molar-refractivity contribution in [2.75, 3.05) is 6.54 Å². The molecule has 1 aromatic heterocycles. The van der Waals surface area contributed by atoms with E-state index in [1.54, 1.807) is 17.4 Å². The maximum Gasteiger partial charge on any atom is 0.283 e. The van der Waals surface area contributed by atoms with Gasteiger partial charge in [0.2, 0.25) is 0 Å². The Morgan fingerprint density at radius 1 is 1.30 bits per heavy atom. The molecule has 0 saturated heterocycles. The van der Waals surface area contributed by atoms with Crippen molar-refractivity contribution >= 4 is 33.0 Å². The zero-order valence-corrected chi connectivity index (χ0v) is 13.5. The molecule has 0 N–H and O–H groups in total. The van der Waals surface area contributed by atoms with Gasteiger partial charge in [0.15, 0.2) is 0 Å². The maximum absolute atomic E-state index is 10.9. The van der Waals surface area contributed by atoms with Crippen LogP contribution in [-0.4, -0.2) is 16.4 Å². The van der Waals surface area contributed by atoms with Crippen LogP contribution in [0.5, 0.6) is 0 Å². The average Bonchev–Trinajstić information content (AvgIpc) is 2.92. The third kappa shape index (κ3) is 3.65. The van der Waals surface area contributed by atoms with Crippen LogP contribution in [0.2, 0.25) is 0 Å². The van der Waals surface area contributed by atoms with Crippen LogP contribution in [0, 0.1) is 10.1 Å². The van der Waals surface area contributed by atoms with Gasteiger partial charge in [0.1, 0.15) is 0 Å². The zero-order chi connectivity index (χ0) is 14.5. The molecule has 0 aliphatic rings. The van der Waals surface area contributed by atoms with Gasteiger partial charge >= 0.3 is 0 Å². The van der Waals surface area contributed by atoms with Gasteiger partial charge in [-0.1, -0.05) is 25.1 Å². The first-order valence-electron chi connectivity index (χ1n) is 6.28. The lowest BCUT2D eigenvalue weighted by Gasteiger charge is -2.20. The fraction of sp³-hybridized carbons (Fsp3) is 0.286. The molecule has 106 valence electrons. The Bertz CT molecular complexity index is 587. The monoisotopic (exact) mass is 354 g/mol. The van der Waals surface area contributed by atoms with Gasteiger partial charge in [-0.2, -0.15) is 0 Å². The number of nitro benzene ring substituents is 1. The van der Waals surface area contributed by atoms with Crippen molar-refractivity contribution in [1.29, 1.82) is 0 Å². The fourth-order valence-electron chi connectivity index (χ4n) is 1.97. The van der Waals surface area contributed by atoms with E-state index < -0.39 is 0 Å². The highest BCUT2D eigenvalue weighted by molar-refractivity contribution is 9.10. The van der Waals surface area contributed by atoms with E-state index in [-0.39, 0.29) is 10.6 Å². The van der Waals surface area contributed by atoms with Crippen LogP contribution in [0.4, 0.5) is 5.69 Å². The molecule has 0 radical (unpaired) electrons. The Balaban J connectivity index is 2.15. The Hall–Kier alpha value is -1.24. The molecule has 0 spiro atoms. The first kappa shape index (κ1) is 15.2. The predicted octanol–water partition coefficient (Wildman–Crippen LogP) is 4.44. The lowest BCUT2D eigenvalue weighted by atomic mass is 10.2. The summed E-state index contributed by atoms with van der Waals surface area (Å²) in [4.78, 5) is 14.2. The topological polar surface area (TPSA) is 46.4 Å². The number of nitrogens with zero attached hydrogens (tertiary/aromatic N) is 2. The van der Waals surface area contributed by atoms with E-state index in [9.17, 15) is 10.1 Å². The van der Waals surface area contributed by atoms with Crippen LogP contribution >= 0.6 is 27.3 Å². The van der Waals surface area contributed by atoms with E-state index >= 15 is 0 Å². The van der Waals surface area contributed by atoms with Gasteiger partial charge in [0.25, 0.3) is 5.69 Å². The van der Waals surface area contributed by atoms with Crippen LogP contribution in [-0.2, 0) is 13.1 Å². The lowest BCUT2D eigenvalue weighted by molar-refractivity contribution is -0.385. The summed E-state index contributed by atoms with van der Waals surface area (Å²) in [5.41, 5.74) is 1.06. The minimum atomic E-state index is -0.358. The first-order chi connectivity index (χ1) is 9.61. The average molecular weight is 355 g/mol. The van der Waals surface area contributed by atoms with E-state index in [1.165, 1.54) is 10.9 Å². The summed E-state index contributed by atoms with van der Waals surface area (Å²) in [6.07, 6.45) is 0. The van der Waals surface area contributed by atoms with E-state index in [1.807, 2.05) is 12.1 Å². The quantitative estimate of drug-likeness (QED) is 0.568. The van der Waals surface area contributed by atoms with Crippen LogP contribution < -0.4 is 0 Å². The molecule has 0 aliphatic carbocycles. The smallest absolute Gasteiger partial charge is 0.283 e. The number of hydrogen-bond acceptors (Lipinski definition) is 4. The molecule has 0 fully saturated rings. The summed E-state index contributed by atoms with van der Waals surface area (Å²) in [5.74, 6) is 0. The van der Waals surface area contributed by atoms with Crippen molar-refractivity contribution in [3.8, 4) is 0 Å². The molecule has 4 nitrogen and oxygen atoms in total. The fourth-order valence-corrected chi connectivity index (χ4v) is 3.25. The summed E-state index contributed by atoms with van der Waals surface area (Å²) in [5, 5.41) is 13.0. The molecular formula is C14H15BrN2O2S. The third-order valence-electron chi connectivity index (χ3n) is 3.06. The van der Waals surface area contributed by atoms with Gasteiger partial charge in [0.05, 0.1) is 9.40 Å². The number of hydrogen-bond donors (Lipinski definition) is 0. The Morgan fingerprint density at radius 3 is 2.70 bits per heavy atom. The number of nitro groups is 1. The highest BCUT2D eigenvalue weighted by Crippen LogP contribution is 2.29. The van der Waals surface area contributed by atoms with Gasteiger partial charge in [-0.25, -0.2) is 0 Å². The van der Waals surface area contributed by atoms with Gasteiger partial charge in [-0.05, 0) is 39.5 Å². The Labute approximate surface area is 130 Å². The molecule has 0 bridgehead atoms. The maximum atomic E-state index is 10.9. The van der Waals surface area contributed by atoms with Gasteiger partial charge in [-0.3, -0.25) is 15.0 Å². The molecule has 0 amide bonds. The summed E-state index contributed by atoms with van der Waals surface area (Å²) in [7, 11) is 0.